The molecule has 0 aliphatic heterocycles. The van der Waals surface area contributed by atoms with Crippen LogP contribution in [-0.2, 0) is 16.0 Å². The quantitative estimate of drug-likeness (QED) is 0.676. The van der Waals surface area contributed by atoms with Crippen molar-refractivity contribution in [1.29, 1.82) is 0 Å². The van der Waals surface area contributed by atoms with Gasteiger partial charge < -0.3 is 14.2 Å². The molecule has 0 amide bonds. The molecule has 1 aromatic heterocycles. The summed E-state index contributed by atoms with van der Waals surface area (Å²) in [7, 11) is 0. The molecule has 0 radical (unpaired) electrons. The van der Waals surface area contributed by atoms with Crippen molar-refractivity contribution in [3.63, 3.8) is 0 Å². The standard InChI is InChI=1S/C10H17N3O3/c1-4-13(5-2)10-11-8(16-12-10)7-9(14)15-6-3/h4-7H2,1-3H3. The maximum absolute atomic E-state index is 11.2. The second-order valence-corrected chi connectivity index (χ2v) is 3.14. The van der Waals surface area contributed by atoms with E-state index in [2.05, 4.69) is 10.1 Å². The first-order valence-electron chi connectivity index (χ1n) is 5.44. The number of aromatic nitrogens is 2. The van der Waals surface area contributed by atoms with Gasteiger partial charge in [0, 0.05) is 13.1 Å². The molecule has 6 heteroatoms. The predicted molar refractivity (Wildman–Crippen MR) is 58.2 cm³/mol. The van der Waals surface area contributed by atoms with E-state index >= 15 is 0 Å². The zero-order chi connectivity index (χ0) is 12.0. The number of carbonyl (C=O) groups excluding carboxylic acids is 1. The first-order chi connectivity index (χ1) is 7.71. The van der Waals surface area contributed by atoms with E-state index in [0.29, 0.717) is 18.4 Å². The van der Waals surface area contributed by atoms with Crippen LogP contribution in [0, 0.1) is 0 Å². The minimum absolute atomic E-state index is 0.0299. The Morgan fingerprint density at radius 2 is 2.06 bits per heavy atom. The highest BCUT2D eigenvalue weighted by Crippen LogP contribution is 2.09. The van der Waals surface area contributed by atoms with Crippen LogP contribution in [0.4, 0.5) is 5.95 Å². The summed E-state index contributed by atoms with van der Waals surface area (Å²) in [5, 5.41) is 3.80. The lowest BCUT2D eigenvalue weighted by atomic mass is 10.4. The summed E-state index contributed by atoms with van der Waals surface area (Å²) >= 11 is 0. The largest absolute Gasteiger partial charge is 0.466 e. The number of esters is 1. The van der Waals surface area contributed by atoms with Gasteiger partial charge in [0.2, 0.25) is 5.89 Å². The van der Waals surface area contributed by atoms with Crippen molar-refractivity contribution in [3.8, 4) is 0 Å². The van der Waals surface area contributed by atoms with E-state index in [1.807, 2.05) is 18.7 Å². The Kier molecular flexibility index (Phi) is 4.75. The molecule has 16 heavy (non-hydrogen) atoms. The van der Waals surface area contributed by atoms with Crippen molar-refractivity contribution in [2.45, 2.75) is 27.2 Å². The predicted octanol–water partition coefficient (Wildman–Crippen LogP) is 1.02. The number of carbonyl (C=O) groups is 1. The lowest BCUT2D eigenvalue weighted by Gasteiger charge is -2.14. The van der Waals surface area contributed by atoms with E-state index in [0.717, 1.165) is 13.1 Å². The van der Waals surface area contributed by atoms with E-state index in [9.17, 15) is 4.79 Å². The first-order valence-corrected chi connectivity index (χ1v) is 5.44. The Morgan fingerprint density at radius 1 is 1.38 bits per heavy atom. The van der Waals surface area contributed by atoms with Crippen molar-refractivity contribution >= 4 is 11.9 Å². The minimum Gasteiger partial charge on any atom is -0.466 e. The van der Waals surface area contributed by atoms with Gasteiger partial charge in [-0.3, -0.25) is 4.79 Å². The normalized spacial score (nSPS) is 10.2. The average molecular weight is 227 g/mol. The van der Waals surface area contributed by atoms with Crippen molar-refractivity contribution in [2.24, 2.45) is 0 Å². The summed E-state index contributed by atoms with van der Waals surface area (Å²) in [5.74, 6) is 0.460. The van der Waals surface area contributed by atoms with Crippen LogP contribution in [0.1, 0.15) is 26.7 Å². The Morgan fingerprint density at radius 3 is 2.62 bits per heavy atom. The zero-order valence-electron chi connectivity index (χ0n) is 9.89. The van der Waals surface area contributed by atoms with Crippen molar-refractivity contribution in [1.82, 2.24) is 10.1 Å². The highest BCUT2D eigenvalue weighted by atomic mass is 16.5. The Bertz CT molecular complexity index is 334. The van der Waals surface area contributed by atoms with E-state index < -0.39 is 0 Å². The molecule has 0 aliphatic rings. The molecule has 0 saturated heterocycles. The summed E-state index contributed by atoms with van der Waals surface area (Å²) in [4.78, 5) is 17.2. The van der Waals surface area contributed by atoms with Gasteiger partial charge in [-0.2, -0.15) is 4.98 Å². The molecule has 0 N–H and O–H groups in total. The van der Waals surface area contributed by atoms with Gasteiger partial charge in [-0.25, -0.2) is 0 Å². The lowest BCUT2D eigenvalue weighted by Crippen LogP contribution is -2.23. The molecular weight excluding hydrogens is 210 g/mol. The molecule has 90 valence electrons. The van der Waals surface area contributed by atoms with Crippen LogP contribution in [0.15, 0.2) is 4.52 Å². The van der Waals surface area contributed by atoms with Crippen LogP contribution in [0.2, 0.25) is 0 Å². The molecule has 0 fully saturated rings. The summed E-state index contributed by atoms with van der Waals surface area (Å²) in [6.07, 6.45) is 0.0299. The summed E-state index contributed by atoms with van der Waals surface area (Å²) in [6, 6.07) is 0. The number of rotatable bonds is 6. The SMILES string of the molecule is CCOC(=O)Cc1nc(N(CC)CC)no1. The van der Waals surface area contributed by atoms with Crippen molar-refractivity contribution in [3.05, 3.63) is 5.89 Å². The fraction of sp³-hybridized carbons (Fsp3) is 0.700. The smallest absolute Gasteiger partial charge is 0.315 e. The van der Waals surface area contributed by atoms with E-state index in [1.54, 1.807) is 6.92 Å². The van der Waals surface area contributed by atoms with E-state index in [4.69, 9.17) is 9.26 Å². The number of anilines is 1. The Balaban J connectivity index is 2.60. The first kappa shape index (κ1) is 12.5. The van der Waals surface area contributed by atoms with Crippen LogP contribution in [-0.4, -0.2) is 35.8 Å². The van der Waals surface area contributed by atoms with E-state index in [-0.39, 0.29) is 12.4 Å². The molecule has 6 nitrogen and oxygen atoms in total. The maximum atomic E-state index is 11.2. The van der Waals surface area contributed by atoms with Crippen LogP contribution >= 0.6 is 0 Å². The maximum Gasteiger partial charge on any atom is 0.315 e. The van der Waals surface area contributed by atoms with Gasteiger partial charge in [-0.05, 0) is 25.9 Å². The molecular formula is C10H17N3O3. The Labute approximate surface area is 94.6 Å². The minimum atomic E-state index is -0.350. The van der Waals surface area contributed by atoms with Gasteiger partial charge in [-0.1, -0.05) is 0 Å². The Hall–Kier alpha value is -1.59. The number of hydrogen-bond donors (Lipinski definition) is 0. The molecule has 0 spiro atoms. The second kappa shape index (κ2) is 6.09. The third kappa shape index (κ3) is 3.22. The summed E-state index contributed by atoms with van der Waals surface area (Å²) < 4.78 is 9.75. The fourth-order valence-electron chi connectivity index (χ4n) is 1.29. The molecule has 0 unspecified atom stereocenters. The summed E-state index contributed by atoms with van der Waals surface area (Å²) in [6.45, 7) is 7.72. The number of ether oxygens (including phenoxy) is 1. The van der Waals surface area contributed by atoms with Crippen molar-refractivity contribution < 1.29 is 14.1 Å². The van der Waals surface area contributed by atoms with Crippen LogP contribution in [0.25, 0.3) is 0 Å². The molecule has 0 aromatic carbocycles. The zero-order valence-corrected chi connectivity index (χ0v) is 9.89. The molecule has 0 aliphatic carbocycles. The van der Waals surface area contributed by atoms with Gasteiger partial charge in [0.05, 0.1) is 6.61 Å². The molecule has 0 atom stereocenters. The fourth-order valence-corrected chi connectivity index (χ4v) is 1.29. The van der Waals surface area contributed by atoms with Crippen LogP contribution in [0.5, 0.6) is 0 Å². The molecule has 1 rings (SSSR count). The average Bonchev–Trinajstić information content (AvgIpc) is 2.68. The highest BCUT2D eigenvalue weighted by molar-refractivity contribution is 5.71. The highest BCUT2D eigenvalue weighted by Gasteiger charge is 2.14. The van der Waals surface area contributed by atoms with Crippen LogP contribution in [0.3, 0.4) is 0 Å². The van der Waals surface area contributed by atoms with Gasteiger partial charge in [0.1, 0.15) is 6.42 Å². The van der Waals surface area contributed by atoms with Crippen LogP contribution < -0.4 is 4.90 Å². The molecule has 1 aromatic rings. The molecule has 0 bridgehead atoms. The number of nitrogens with zero attached hydrogens (tertiary/aromatic N) is 3. The third-order valence-corrected chi connectivity index (χ3v) is 2.10. The molecule has 0 saturated carbocycles. The number of hydrogen-bond acceptors (Lipinski definition) is 6. The van der Waals surface area contributed by atoms with Crippen molar-refractivity contribution in [2.75, 3.05) is 24.6 Å². The summed E-state index contributed by atoms with van der Waals surface area (Å²) in [5.41, 5.74) is 0. The van der Waals surface area contributed by atoms with Gasteiger partial charge in [0.25, 0.3) is 5.95 Å². The van der Waals surface area contributed by atoms with Gasteiger partial charge in [-0.15, -0.1) is 0 Å². The lowest BCUT2D eigenvalue weighted by molar-refractivity contribution is -0.142. The topological polar surface area (TPSA) is 68.5 Å². The molecule has 1 heterocycles. The third-order valence-electron chi connectivity index (χ3n) is 2.10. The van der Waals surface area contributed by atoms with Gasteiger partial charge >= 0.3 is 5.97 Å². The van der Waals surface area contributed by atoms with E-state index in [1.165, 1.54) is 0 Å². The monoisotopic (exact) mass is 227 g/mol. The van der Waals surface area contributed by atoms with Gasteiger partial charge in [0.15, 0.2) is 0 Å². The second-order valence-electron chi connectivity index (χ2n) is 3.14.